The predicted octanol–water partition coefficient (Wildman–Crippen LogP) is 2.48. The van der Waals surface area contributed by atoms with Crippen LogP contribution in [0.1, 0.15) is 47.0 Å². The standard InChI is InChI=1S/C14H28N2/c1-11(7-15)8-16-10-14(4)6-12(16)5-13(2,3)9-14/h11-12H,5-10,15H2,1-4H3. The van der Waals surface area contributed by atoms with Crippen molar-refractivity contribution in [2.45, 2.75) is 53.0 Å². The minimum absolute atomic E-state index is 0.540. The van der Waals surface area contributed by atoms with Crippen LogP contribution in [-0.2, 0) is 0 Å². The van der Waals surface area contributed by atoms with E-state index in [0.717, 1.165) is 12.6 Å². The first-order chi connectivity index (χ1) is 7.34. The Labute approximate surface area is 101 Å². The minimum Gasteiger partial charge on any atom is -0.330 e. The van der Waals surface area contributed by atoms with E-state index in [4.69, 9.17) is 5.73 Å². The number of rotatable bonds is 3. The molecule has 1 aliphatic carbocycles. The Morgan fingerprint density at radius 2 is 2.00 bits per heavy atom. The maximum atomic E-state index is 5.75. The van der Waals surface area contributed by atoms with Gasteiger partial charge in [-0.05, 0) is 42.6 Å². The molecule has 1 saturated heterocycles. The normalized spacial score (nSPS) is 39.9. The highest BCUT2D eigenvalue weighted by atomic mass is 15.2. The number of nitrogens with zero attached hydrogens (tertiary/aromatic N) is 1. The lowest BCUT2D eigenvalue weighted by atomic mass is 9.65. The van der Waals surface area contributed by atoms with Gasteiger partial charge in [-0.15, -0.1) is 0 Å². The highest BCUT2D eigenvalue weighted by molar-refractivity contribution is 5.02. The van der Waals surface area contributed by atoms with E-state index >= 15 is 0 Å². The third kappa shape index (κ3) is 2.43. The molecule has 3 unspecified atom stereocenters. The Morgan fingerprint density at radius 3 is 2.62 bits per heavy atom. The van der Waals surface area contributed by atoms with E-state index < -0.39 is 0 Å². The molecule has 0 aromatic carbocycles. The zero-order valence-electron chi connectivity index (χ0n) is 11.4. The van der Waals surface area contributed by atoms with Gasteiger partial charge >= 0.3 is 0 Å². The Balaban J connectivity index is 2.04. The lowest BCUT2D eigenvalue weighted by Crippen LogP contribution is -2.37. The predicted molar refractivity (Wildman–Crippen MR) is 69.3 cm³/mol. The van der Waals surface area contributed by atoms with Crippen LogP contribution in [0.5, 0.6) is 0 Å². The molecule has 3 atom stereocenters. The van der Waals surface area contributed by atoms with Crippen LogP contribution in [0.25, 0.3) is 0 Å². The second-order valence-corrected chi connectivity index (χ2v) is 7.48. The molecule has 1 saturated carbocycles. The van der Waals surface area contributed by atoms with Gasteiger partial charge in [0, 0.05) is 19.1 Å². The number of likely N-dealkylation sites (tertiary alicyclic amines) is 1. The molecule has 0 aromatic heterocycles. The van der Waals surface area contributed by atoms with Crippen LogP contribution >= 0.6 is 0 Å². The van der Waals surface area contributed by atoms with Crippen molar-refractivity contribution in [3.63, 3.8) is 0 Å². The first-order valence-corrected chi connectivity index (χ1v) is 6.78. The number of hydrogen-bond donors (Lipinski definition) is 1. The van der Waals surface area contributed by atoms with Gasteiger partial charge in [0.25, 0.3) is 0 Å². The van der Waals surface area contributed by atoms with Crippen LogP contribution in [0.3, 0.4) is 0 Å². The summed E-state index contributed by atoms with van der Waals surface area (Å²) >= 11 is 0. The summed E-state index contributed by atoms with van der Waals surface area (Å²) < 4.78 is 0. The van der Waals surface area contributed by atoms with Crippen LogP contribution in [0.15, 0.2) is 0 Å². The van der Waals surface area contributed by atoms with Crippen molar-refractivity contribution < 1.29 is 0 Å². The fraction of sp³-hybridized carbons (Fsp3) is 1.00. The van der Waals surface area contributed by atoms with Gasteiger partial charge in [0.05, 0.1) is 0 Å². The van der Waals surface area contributed by atoms with E-state index in [0.29, 0.717) is 16.7 Å². The number of hydrogen-bond acceptors (Lipinski definition) is 2. The SMILES string of the molecule is CC(CN)CN1CC2(C)CC1CC(C)(C)C2. The molecule has 16 heavy (non-hydrogen) atoms. The third-order valence-corrected chi connectivity index (χ3v) is 4.47. The molecule has 1 aliphatic heterocycles. The molecule has 2 nitrogen and oxygen atoms in total. The number of fused-ring (bicyclic) bond motifs is 2. The summed E-state index contributed by atoms with van der Waals surface area (Å²) in [6, 6.07) is 0.822. The van der Waals surface area contributed by atoms with Crippen molar-refractivity contribution in [3.05, 3.63) is 0 Å². The second kappa shape index (κ2) is 3.99. The van der Waals surface area contributed by atoms with Gasteiger partial charge in [-0.2, -0.15) is 0 Å². The lowest BCUT2D eigenvalue weighted by Gasteiger charge is -2.40. The summed E-state index contributed by atoms with van der Waals surface area (Å²) in [5.74, 6) is 0.645. The van der Waals surface area contributed by atoms with Crippen molar-refractivity contribution in [2.75, 3.05) is 19.6 Å². The first kappa shape index (κ1) is 12.4. The fourth-order valence-corrected chi connectivity index (χ4v) is 4.27. The molecule has 2 fully saturated rings. The maximum Gasteiger partial charge on any atom is 0.0106 e. The van der Waals surface area contributed by atoms with E-state index in [1.54, 1.807) is 0 Å². The van der Waals surface area contributed by atoms with E-state index in [2.05, 4.69) is 32.6 Å². The molecule has 0 amide bonds. The zero-order chi connectivity index (χ0) is 12.0. The molecule has 94 valence electrons. The summed E-state index contributed by atoms with van der Waals surface area (Å²) in [5, 5.41) is 0. The van der Waals surface area contributed by atoms with Crippen molar-refractivity contribution in [3.8, 4) is 0 Å². The summed E-state index contributed by atoms with van der Waals surface area (Å²) in [6.07, 6.45) is 4.18. The third-order valence-electron chi connectivity index (χ3n) is 4.47. The minimum atomic E-state index is 0.540. The van der Waals surface area contributed by atoms with Crippen molar-refractivity contribution in [1.82, 2.24) is 4.90 Å². The Hall–Kier alpha value is -0.0800. The smallest absolute Gasteiger partial charge is 0.0106 e. The number of nitrogens with two attached hydrogens (primary N) is 1. The average molecular weight is 224 g/mol. The molecule has 0 aromatic rings. The molecule has 2 aliphatic rings. The molecule has 2 N–H and O–H groups in total. The van der Waals surface area contributed by atoms with Crippen molar-refractivity contribution in [2.24, 2.45) is 22.5 Å². The Bertz CT molecular complexity index is 261. The van der Waals surface area contributed by atoms with Gasteiger partial charge in [0.1, 0.15) is 0 Å². The largest absolute Gasteiger partial charge is 0.330 e. The monoisotopic (exact) mass is 224 g/mol. The van der Waals surface area contributed by atoms with Gasteiger partial charge in [0.15, 0.2) is 0 Å². The summed E-state index contributed by atoms with van der Waals surface area (Å²) in [6.45, 7) is 13.0. The Kier molecular flexibility index (Phi) is 3.09. The van der Waals surface area contributed by atoms with E-state index in [1.165, 1.54) is 32.4 Å². The van der Waals surface area contributed by atoms with E-state index in [1.807, 2.05) is 0 Å². The first-order valence-electron chi connectivity index (χ1n) is 6.78. The highest BCUT2D eigenvalue weighted by Gasteiger charge is 2.49. The van der Waals surface area contributed by atoms with Gasteiger partial charge in [-0.25, -0.2) is 0 Å². The topological polar surface area (TPSA) is 29.3 Å². The second-order valence-electron chi connectivity index (χ2n) is 7.48. The van der Waals surface area contributed by atoms with Crippen LogP contribution in [0.2, 0.25) is 0 Å². The zero-order valence-corrected chi connectivity index (χ0v) is 11.4. The van der Waals surface area contributed by atoms with Crippen LogP contribution in [0.4, 0.5) is 0 Å². The quantitative estimate of drug-likeness (QED) is 0.798. The average Bonchev–Trinajstić information content (AvgIpc) is 2.35. The van der Waals surface area contributed by atoms with Gasteiger partial charge < -0.3 is 5.73 Å². The fourth-order valence-electron chi connectivity index (χ4n) is 4.27. The highest BCUT2D eigenvalue weighted by Crippen LogP contribution is 2.52. The summed E-state index contributed by atoms with van der Waals surface area (Å²) in [4.78, 5) is 2.71. The molecule has 2 rings (SSSR count). The molecule has 2 heteroatoms. The summed E-state index contributed by atoms with van der Waals surface area (Å²) in [7, 11) is 0. The van der Waals surface area contributed by atoms with E-state index in [-0.39, 0.29) is 0 Å². The Morgan fingerprint density at radius 1 is 1.31 bits per heavy atom. The molecule has 2 bridgehead atoms. The van der Waals surface area contributed by atoms with Crippen molar-refractivity contribution >= 4 is 0 Å². The summed E-state index contributed by atoms with van der Waals surface area (Å²) in [5.41, 5.74) is 6.86. The maximum absolute atomic E-state index is 5.75. The van der Waals surface area contributed by atoms with Gasteiger partial charge in [0.2, 0.25) is 0 Å². The molecule has 0 radical (unpaired) electrons. The van der Waals surface area contributed by atoms with Crippen molar-refractivity contribution in [1.29, 1.82) is 0 Å². The van der Waals surface area contributed by atoms with Gasteiger partial charge in [-0.1, -0.05) is 27.7 Å². The molecule has 0 spiro atoms. The molecular formula is C14H28N2. The van der Waals surface area contributed by atoms with E-state index in [9.17, 15) is 0 Å². The molecular weight excluding hydrogens is 196 g/mol. The van der Waals surface area contributed by atoms with Crippen LogP contribution in [0, 0.1) is 16.7 Å². The van der Waals surface area contributed by atoms with Gasteiger partial charge in [-0.3, -0.25) is 4.90 Å². The van der Waals surface area contributed by atoms with Crippen LogP contribution in [-0.4, -0.2) is 30.6 Å². The lowest BCUT2D eigenvalue weighted by molar-refractivity contribution is 0.125. The van der Waals surface area contributed by atoms with Crippen LogP contribution < -0.4 is 5.73 Å². The molecule has 1 heterocycles.